The Balaban J connectivity index is 1.46. The van der Waals surface area contributed by atoms with Gasteiger partial charge in [-0.25, -0.2) is 22.0 Å². The molecule has 0 spiro atoms. The zero-order valence-electron chi connectivity index (χ0n) is 17.3. The van der Waals surface area contributed by atoms with Gasteiger partial charge in [-0.2, -0.15) is 4.98 Å². The van der Waals surface area contributed by atoms with Crippen molar-refractivity contribution < 1.29 is 17.6 Å². The van der Waals surface area contributed by atoms with E-state index in [1.165, 1.54) is 36.5 Å². The highest BCUT2D eigenvalue weighted by molar-refractivity contribution is 7.89. The molecule has 0 fully saturated rings. The van der Waals surface area contributed by atoms with Crippen molar-refractivity contribution in [3.63, 3.8) is 0 Å². The summed E-state index contributed by atoms with van der Waals surface area (Å²) in [6, 6.07) is 10.7. The molecule has 0 saturated heterocycles. The van der Waals surface area contributed by atoms with E-state index in [1.807, 2.05) is 5.38 Å². The largest absolute Gasteiger partial charge is 0.326 e. The van der Waals surface area contributed by atoms with E-state index in [2.05, 4.69) is 20.1 Å². The number of hydrogen-bond acceptors (Lipinski definition) is 6. The summed E-state index contributed by atoms with van der Waals surface area (Å²) in [7, 11) is -3.73. The summed E-state index contributed by atoms with van der Waals surface area (Å²) < 4.78 is 43.2. The van der Waals surface area contributed by atoms with Crippen LogP contribution in [0, 0.1) is 12.7 Å². The second-order valence-corrected chi connectivity index (χ2v) is 9.75. The van der Waals surface area contributed by atoms with Crippen molar-refractivity contribution >= 4 is 37.9 Å². The maximum Gasteiger partial charge on any atom is 0.240 e. The maximum absolute atomic E-state index is 13.5. The molecule has 166 valence electrons. The molecule has 2 aromatic heterocycles. The van der Waals surface area contributed by atoms with Crippen LogP contribution >= 0.6 is 11.3 Å². The van der Waals surface area contributed by atoms with Crippen molar-refractivity contribution in [2.24, 2.45) is 0 Å². The van der Waals surface area contributed by atoms with Crippen molar-refractivity contribution in [2.75, 3.05) is 11.9 Å². The van der Waals surface area contributed by atoms with Crippen LogP contribution in [0.3, 0.4) is 0 Å². The predicted octanol–water partition coefficient (Wildman–Crippen LogP) is 3.38. The van der Waals surface area contributed by atoms with Crippen LogP contribution in [-0.4, -0.2) is 35.5 Å². The molecule has 2 heterocycles. The lowest BCUT2D eigenvalue weighted by atomic mass is 10.2. The number of aryl methyl sites for hydroxylation is 1. The van der Waals surface area contributed by atoms with Crippen molar-refractivity contribution in [1.29, 1.82) is 0 Å². The molecular formula is C21H20FN5O3S2. The average Bonchev–Trinajstić information content (AvgIpc) is 3.29. The first-order chi connectivity index (χ1) is 15.2. The van der Waals surface area contributed by atoms with Gasteiger partial charge in [-0.1, -0.05) is 12.1 Å². The Bertz CT molecular complexity index is 1410. The van der Waals surface area contributed by atoms with Crippen LogP contribution in [0.15, 0.2) is 52.7 Å². The zero-order chi connectivity index (χ0) is 22.9. The highest BCUT2D eigenvalue weighted by Gasteiger charge is 2.18. The maximum atomic E-state index is 13.5. The van der Waals surface area contributed by atoms with Gasteiger partial charge in [0.2, 0.25) is 20.9 Å². The normalized spacial score (nSPS) is 11.7. The summed E-state index contributed by atoms with van der Waals surface area (Å²) in [6.07, 6.45) is 0.397. The number of anilines is 1. The molecule has 0 radical (unpaired) electrons. The number of aromatic nitrogens is 3. The molecule has 0 bridgehead atoms. The van der Waals surface area contributed by atoms with E-state index >= 15 is 0 Å². The number of thiazole rings is 1. The lowest BCUT2D eigenvalue weighted by Gasteiger charge is -2.11. The van der Waals surface area contributed by atoms with Crippen molar-refractivity contribution in [2.45, 2.75) is 25.2 Å². The number of hydrogen-bond donors (Lipinski definition) is 2. The van der Waals surface area contributed by atoms with Gasteiger partial charge in [-0.3, -0.25) is 4.79 Å². The Kier molecular flexibility index (Phi) is 6.04. The van der Waals surface area contributed by atoms with Gasteiger partial charge >= 0.3 is 0 Å². The fraction of sp³-hybridized carbons (Fsp3) is 0.190. The first kappa shape index (κ1) is 22.1. The fourth-order valence-electron chi connectivity index (χ4n) is 3.27. The lowest BCUT2D eigenvalue weighted by Crippen LogP contribution is -2.27. The minimum absolute atomic E-state index is 0.149. The number of halogens is 1. The van der Waals surface area contributed by atoms with Crippen molar-refractivity contribution in [3.05, 3.63) is 64.9 Å². The van der Waals surface area contributed by atoms with Gasteiger partial charge in [0.05, 0.1) is 10.6 Å². The minimum Gasteiger partial charge on any atom is -0.326 e. The molecule has 32 heavy (non-hydrogen) atoms. The van der Waals surface area contributed by atoms with Gasteiger partial charge in [0.25, 0.3) is 0 Å². The summed E-state index contributed by atoms with van der Waals surface area (Å²) in [6.45, 7) is 3.22. The molecule has 4 rings (SSSR count). The third kappa shape index (κ3) is 4.69. The first-order valence-corrected chi connectivity index (χ1v) is 12.1. The minimum atomic E-state index is -3.73. The molecule has 11 heteroatoms. The van der Waals surface area contributed by atoms with Gasteiger partial charge in [-0.15, -0.1) is 16.4 Å². The summed E-state index contributed by atoms with van der Waals surface area (Å²) in [4.78, 5) is 16.4. The van der Waals surface area contributed by atoms with Crippen LogP contribution in [0.5, 0.6) is 0 Å². The van der Waals surface area contributed by atoms with Crippen molar-refractivity contribution in [3.8, 4) is 11.4 Å². The predicted molar refractivity (Wildman–Crippen MR) is 121 cm³/mol. The monoisotopic (exact) mass is 473 g/mol. The Hall–Kier alpha value is -3.15. The number of benzene rings is 2. The molecule has 0 aliphatic heterocycles. The topological polar surface area (TPSA) is 105 Å². The second-order valence-electron chi connectivity index (χ2n) is 7.18. The number of fused-ring (bicyclic) bond motifs is 1. The number of nitrogens with zero attached hydrogens (tertiary/aromatic N) is 3. The van der Waals surface area contributed by atoms with E-state index in [-0.39, 0.29) is 23.2 Å². The van der Waals surface area contributed by atoms with Gasteiger partial charge in [0.15, 0.2) is 5.82 Å². The van der Waals surface area contributed by atoms with E-state index in [4.69, 9.17) is 0 Å². The van der Waals surface area contributed by atoms with Crippen LogP contribution in [0.2, 0.25) is 0 Å². The molecule has 1 amide bonds. The quantitative estimate of drug-likeness (QED) is 0.428. The molecular weight excluding hydrogens is 453 g/mol. The zero-order valence-corrected chi connectivity index (χ0v) is 18.9. The summed E-state index contributed by atoms with van der Waals surface area (Å²) in [5.74, 6) is -0.183. The Morgan fingerprint density at radius 2 is 2.03 bits per heavy atom. The molecule has 2 N–H and O–H groups in total. The number of carbonyl (C=O) groups is 1. The van der Waals surface area contributed by atoms with Gasteiger partial charge in [0.1, 0.15) is 5.82 Å². The number of carbonyl (C=O) groups excluding carboxylic acids is 1. The molecule has 0 aliphatic rings. The number of nitrogens with one attached hydrogen (secondary N) is 2. The SMILES string of the molecule is CC(=O)Nc1ccc(S(=O)(=O)NCCc2csc3nc(-c4cccc(F)c4)nn23)c(C)c1. The van der Waals surface area contributed by atoms with Crippen LogP contribution in [0.4, 0.5) is 10.1 Å². The number of rotatable bonds is 7. The third-order valence-electron chi connectivity index (χ3n) is 4.69. The fourth-order valence-corrected chi connectivity index (χ4v) is 5.38. The molecule has 0 unspecified atom stereocenters. The molecule has 2 aromatic carbocycles. The highest BCUT2D eigenvalue weighted by atomic mass is 32.2. The number of sulfonamides is 1. The third-order valence-corrected chi connectivity index (χ3v) is 7.18. The Morgan fingerprint density at radius 1 is 1.22 bits per heavy atom. The van der Waals surface area contributed by atoms with Gasteiger partial charge < -0.3 is 5.32 Å². The summed E-state index contributed by atoms with van der Waals surface area (Å²) in [5.41, 5.74) is 2.43. The van der Waals surface area contributed by atoms with E-state index in [9.17, 15) is 17.6 Å². The molecule has 0 atom stereocenters. The van der Waals surface area contributed by atoms with E-state index in [0.29, 0.717) is 34.0 Å². The second kappa shape index (κ2) is 8.77. The van der Waals surface area contributed by atoms with E-state index in [0.717, 1.165) is 5.69 Å². The van der Waals surface area contributed by atoms with Crippen LogP contribution in [-0.2, 0) is 21.2 Å². The van der Waals surface area contributed by atoms with Crippen LogP contribution < -0.4 is 10.0 Å². The molecule has 0 saturated carbocycles. The first-order valence-electron chi connectivity index (χ1n) is 9.70. The van der Waals surface area contributed by atoms with Gasteiger partial charge in [0, 0.05) is 36.5 Å². The average molecular weight is 474 g/mol. The Labute approximate surface area is 188 Å². The smallest absolute Gasteiger partial charge is 0.240 e. The van der Waals surface area contributed by atoms with Gasteiger partial charge in [-0.05, 0) is 42.8 Å². The Morgan fingerprint density at radius 3 is 2.75 bits per heavy atom. The van der Waals surface area contributed by atoms with Crippen LogP contribution in [0.25, 0.3) is 16.3 Å². The number of amides is 1. The standard InChI is InChI=1S/C21H20FN5O3S2/c1-13-10-17(24-14(2)28)6-7-19(13)32(29,30)23-9-8-18-12-31-21-25-20(26-27(18)21)15-4-3-5-16(22)11-15/h3-7,10-12,23H,8-9H2,1-2H3,(H,24,28). The summed E-state index contributed by atoms with van der Waals surface area (Å²) in [5, 5.41) is 8.94. The van der Waals surface area contributed by atoms with Crippen molar-refractivity contribution in [1.82, 2.24) is 19.3 Å². The molecule has 4 aromatic rings. The highest BCUT2D eigenvalue weighted by Crippen LogP contribution is 2.22. The van der Waals surface area contributed by atoms with E-state index < -0.39 is 10.0 Å². The lowest BCUT2D eigenvalue weighted by molar-refractivity contribution is -0.114. The van der Waals surface area contributed by atoms with E-state index in [1.54, 1.807) is 35.7 Å². The molecule has 8 nitrogen and oxygen atoms in total. The summed E-state index contributed by atoms with van der Waals surface area (Å²) >= 11 is 1.38. The van der Waals surface area contributed by atoms with Crippen LogP contribution in [0.1, 0.15) is 18.2 Å². The molecule has 0 aliphatic carbocycles.